The van der Waals surface area contributed by atoms with Crippen molar-refractivity contribution in [2.75, 3.05) is 12.3 Å². The lowest BCUT2D eigenvalue weighted by Gasteiger charge is -2.05. The maximum atomic E-state index is 11.5. The molecule has 88 valence electrons. The van der Waals surface area contributed by atoms with E-state index in [-0.39, 0.29) is 17.3 Å². The van der Waals surface area contributed by atoms with Gasteiger partial charge in [0.25, 0.3) is 0 Å². The minimum Gasteiger partial charge on any atom is -0.392 e. The number of nitrogens with zero attached hydrogens (tertiary/aromatic N) is 1. The summed E-state index contributed by atoms with van der Waals surface area (Å²) in [7, 11) is -3.31. The lowest BCUT2D eigenvalue weighted by Crippen LogP contribution is -2.34. The predicted octanol–water partition coefficient (Wildman–Crippen LogP) is -0.170. The van der Waals surface area contributed by atoms with E-state index < -0.39 is 10.0 Å². The molecule has 0 saturated carbocycles. The summed E-state index contributed by atoms with van der Waals surface area (Å²) in [5.74, 6) is 0.0135. The average molecular weight is 259 g/mol. The SMILES string of the molecule is NC(=S)CNS(=O)(=O)CCc1ccncc1. The summed E-state index contributed by atoms with van der Waals surface area (Å²) in [6.45, 7) is 0.00795. The smallest absolute Gasteiger partial charge is 0.212 e. The maximum Gasteiger partial charge on any atom is 0.212 e. The molecule has 3 N–H and O–H groups in total. The summed E-state index contributed by atoms with van der Waals surface area (Å²) in [6, 6.07) is 3.56. The van der Waals surface area contributed by atoms with Gasteiger partial charge in [-0.1, -0.05) is 12.2 Å². The van der Waals surface area contributed by atoms with E-state index in [1.807, 2.05) is 0 Å². The van der Waals surface area contributed by atoms with Gasteiger partial charge in [0.2, 0.25) is 10.0 Å². The van der Waals surface area contributed by atoms with Crippen LogP contribution < -0.4 is 10.5 Å². The van der Waals surface area contributed by atoms with E-state index in [0.29, 0.717) is 6.42 Å². The zero-order valence-corrected chi connectivity index (χ0v) is 10.2. The summed E-state index contributed by atoms with van der Waals surface area (Å²) in [6.07, 6.45) is 3.70. The molecule has 1 rings (SSSR count). The Labute approximate surface area is 100 Å². The summed E-state index contributed by atoms with van der Waals surface area (Å²) in [5, 5.41) is 0. The van der Waals surface area contributed by atoms with Gasteiger partial charge in [-0.05, 0) is 24.1 Å². The highest BCUT2D eigenvalue weighted by molar-refractivity contribution is 7.89. The van der Waals surface area contributed by atoms with Gasteiger partial charge in [0, 0.05) is 12.4 Å². The number of pyridine rings is 1. The molecular formula is C9H13N3O2S2. The third-order valence-electron chi connectivity index (χ3n) is 1.88. The quantitative estimate of drug-likeness (QED) is 0.693. The minimum atomic E-state index is -3.31. The second-order valence-electron chi connectivity index (χ2n) is 3.21. The molecular weight excluding hydrogens is 246 g/mol. The Hall–Kier alpha value is -1.05. The summed E-state index contributed by atoms with van der Waals surface area (Å²) in [4.78, 5) is 3.98. The predicted molar refractivity (Wildman–Crippen MR) is 66.5 cm³/mol. The second kappa shape index (κ2) is 5.88. The average Bonchev–Trinajstić information content (AvgIpc) is 2.26. The zero-order valence-electron chi connectivity index (χ0n) is 8.59. The summed E-state index contributed by atoms with van der Waals surface area (Å²) in [5.41, 5.74) is 6.13. The molecule has 16 heavy (non-hydrogen) atoms. The molecule has 0 aromatic carbocycles. The van der Waals surface area contributed by atoms with Crippen LogP contribution in [0.4, 0.5) is 0 Å². The van der Waals surface area contributed by atoms with Crippen LogP contribution in [0.2, 0.25) is 0 Å². The molecule has 0 aliphatic carbocycles. The van der Waals surface area contributed by atoms with Crippen LogP contribution in [0.3, 0.4) is 0 Å². The fourth-order valence-electron chi connectivity index (χ4n) is 1.05. The number of nitrogens with one attached hydrogen (secondary N) is 1. The van der Waals surface area contributed by atoms with Gasteiger partial charge in [-0.3, -0.25) is 4.98 Å². The number of thiocarbonyl (C=S) groups is 1. The van der Waals surface area contributed by atoms with Crippen molar-refractivity contribution in [2.45, 2.75) is 6.42 Å². The number of hydrogen-bond acceptors (Lipinski definition) is 4. The Bertz CT molecular complexity index is 445. The third kappa shape index (κ3) is 5.15. The van der Waals surface area contributed by atoms with E-state index in [1.165, 1.54) is 0 Å². The lowest BCUT2D eigenvalue weighted by atomic mass is 10.2. The van der Waals surface area contributed by atoms with Crippen molar-refractivity contribution >= 4 is 27.2 Å². The highest BCUT2D eigenvalue weighted by atomic mass is 32.2. The standard InChI is InChI=1S/C9H13N3O2S2/c10-9(15)7-12-16(13,14)6-3-8-1-4-11-5-2-8/h1-2,4-5,12H,3,6-7H2,(H2,10,15). The maximum absolute atomic E-state index is 11.5. The van der Waals surface area contributed by atoms with E-state index in [1.54, 1.807) is 24.5 Å². The van der Waals surface area contributed by atoms with Crippen LogP contribution in [0.25, 0.3) is 0 Å². The van der Waals surface area contributed by atoms with Crippen LogP contribution in [0.1, 0.15) is 5.56 Å². The molecule has 5 nitrogen and oxygen atoms in total. The zero-order chi connectivity index (χ0) is 12.0. The fraction of sp³-hybridized carbons (Fsp3) is 0.333. The molecule has 0 amide bonds. The largest absolute Gasteiger partial charge is 0.392 e. The molecule has 0 saturated heterocycles. The first kappa shape index (κ1) is 13.0. The van der Waals surface area contributed by atoms with Gasteiger partial charge < -0.3 is 5.73 Å². The molecule has 7 heteroatoms. The third-order valence-corrected chi connectivity index (χ3v) is 3.35. The van der Waals surface area contributed by atoms with Gasteiger partial charge >= 0.3 is 0 Å². The molecule has 0 fully saturated rings. The van der Waals surface area contributed by atoms with Crippen LogP contribution in [0.5, 0.6) is 0 Å². The number of nitrogens with two attached hydrogens (primary N) is 1. The van der Waals surface area contributed by atoms with Crippen molar-refractivity contribution < 1.29 is 8.42 Å². The molecule has 1 heterocycles. The Kier molecular flexibility index (Phi) is 4.78. The summed E-state index contributed by atoms with van der Waals surface area (Å²) >= 11 is 4.58. The van der Waals surface area contributed by atoms with Crippen molar-refractivity contribution in [3.63, 3.8) is 0 Å². The molecule has 1 aromatic heterocycles. The van der Waals surface area contributed by atoms with Crippen molar-refractivity contribution in [1.29, 1.82) is 0 Å². The topological polar surface area (TPSA) is 85.1 Å². The number of aromatic nitrogens is 1. The Morgan fingerprint density at radius 2 is 2.06 bits per heavy atom. The molecule has 0 radical (unpaired) electrons. The fourth-order valence-corrected chi connectivity index (χ4v) is 2.24. The van der Waals surface area contributed by atoms with Gasteiger partial charge in [-0.25, -0.2) is 13.1 Å². The van der Waals surface area contributed by atoms with Crippen LogP contribution in [-0.4, -0.2) is 30.7 Å². The molecule has 0 bridgehead atoms. The monoisotopic (exact) mass is 259 g/mol. The number of aryl methyl sites for hydroxylation is 1. The first-order chi connectivity index (χ1) is 7.49. The van der Waals surface area contributed by atoms with E-state index in [9.17, 15) is 8.42 Å². The van der Waals surface area contributed by atoms with Gasteiger partial charge in [-0.15, -0.1) is 0 Å². The number of rotatable bonds is 6. The van der Waals surface area contributed by atoms with Crippen molar-refractivity contribution in [2.24, 2.45) is 5.73 Å². The highest BCUT2D eigenvalue weighted by Gasteiger charge is 2.09. The highest BCUT2D eigenvalue weighted by Crippen LogP contribution is 1.99. The number of hydrogen-bond donors (Lipinski definition) is 2. The number of sulfonamides is 1. The Morgan fingerprint density at radius 1 is 1.44 bits per heavy atom. The molecule has 0 aliphatic heterocycles. The molecule has 1 aromatic rings. The minimum absolute atomic E-state index is 0.00795. The molecule has 0 spiro atoms. The van der Waals surface area contributed by atoms with Crippen LogP contribution >= 0.6 is 12.2 Å². The van der Waals surface area contributed by atoms with E-state index in [2.05, 4.69) is 21.9 Å². The van der Waals surface area contributed by atoms with Gasteiger partial charge in [0.15, 0.2) is 0 Å². The first-order valence-electron chi connectivity index (χ1n) is 4.64. The van der Waals surface area contributed by atoms with Gasteiger partial charge in [0.1, 0.15) is 0 Å². The molecule has 0 unspecified atom stereocenters. The van der Waals surface area contributed by atoms with E-state index >= 15 is 0 Å². The van der Waals surface area contributed by atoms with Gasteiger partial charge in [-0.2, -0.15) is 0 Å². The van der Waals surface area contributed by atoms with E-state index in [4.69, 9.17) is 5.73 Å². The second-order valence-corrected chi connectivity index (χ2v) is 5.66. The molecule has 0 aliphatic rings. The Morgan fingerprint density at radius 3 is 2.62 bits per heavy atom. The lowest BCUT2D eigenvalue weighted by molar-refractivity contribution is 0.585. The van der Waals surface area contributed by atoms with Crippen LogP contribution in [-0.2, 0) is 16.4 Å². The summed E-state index contributed by atoms with van der Waals surface area (Å²) < 4.78 is 25.3. The van der Waals surface area contributed by atoms with Crippen LogP contribution in [0, 0.1) is 0 Å². The van der Waals surface area contributed by atoms with Crippen LogP contribution in [0.15, 0.2) is 24.5 Å². The van der Waals surface area contributed by atoms with Crippen molar-refractivity contribution in [3.8, 4) is 0 Å². The first-order valence-corrected chi connectivity index (χ1v) is 6.70. The normalized spacial score (nSPS) is 11.2. The van der Waals surface area contributed by atoms with E-state index in [0.717, 1.165) is 5.56 Å². The van der Waals surface area contributed by atoms with Crippen molar-refractivity contribution in [1.82, 2.24) is 9.71 Å². The van der Waals surface area contributed by atoms with Crippen molar-refractivity contribution in [3.05, 3.63) is 30.1 Å². The Balaban J connectivity index is 2.45. The van der Waals surface area contributed by atoms with Gasteiger partial charge in [0.05, 0.1) is 17.3 Å². The molecule has 0 atom stereocenters.